The van der Waals surface area contributed by atoms with Gasteiger partial charge in [0.15, 0.2) is 0 Å². The monoisotopic (exact) mass is 296 g/mol. The number of carbonyl (C=O) groups is 1. The molecular formula is C16H25ClN2O. The number of nitrogens with one attached hydrogen (secondary N) is 1. The number of rotatable bonds is 8. The Morgan fingerprint density at radius 1 is 1.15 bits per heavy atom. The van der Waals surface area contributed by atoms with Gasteiger partial charge < -0.3 is 10.2 Å². The standard InChI is InChI=1S/C16H25ClN2O/c1-3-5-11-19(12-6-4-2)16(20)18-13-14-9-7-8-10-15(14)17/h7-10H,3-6,11-13H2,1-2H3,(H,18,20). The van der Waals surface area contributed by atoms with Crippen molar-refractivity contribution in [2.45, 2.75) is 46.1 Å². The fourth-order valence-corrected chi connectivity index (χ4v) is 2.14. The first-order valence-electron chi connectivity index (χ1n) is 7.45. The Hall–Kier alpha value is -1.22. The van der Waals surface area contributed by atoms with Gasteiger partial charge in [0.1, 0.15) is 0 Å². The van der Waals surface area contributed by atoms with Gasteiger partial charge in [0.05, 0.1) is 0 Å². The Labute approximate surface area is 127 Å². The van der Waals surface area contributed by atoms with Crippen LogP contribution in [0.2, 0.25) is 5.02 Å². The lowest BCUT2D eigenvalue weighted by Gasteiger charge is -2.23. The summed E-state index contributed by atoms with van der Waals surface area (Å²) in [6, 6.07) is 7.61. The molecule has 1 aromatic carbocycles. The second-order valence-electron chi connectivity index (χ2n) is 4.94. The zero-order valence-corrected chi connectivity index (χ0v) is 13.2. The van der Waals surface area contributed by atoms with E-state index in [9.17, 15) is 4.79 Å². The average Bonchev–Trinajstić information content (AvgIpc) is 2.46. The quantitative estimate of drug-likeness (QED) is 0.755. The van der Waals surface area contributed by atoms with Crippen molar-refractivity contribution in [3.8, 4) is 0 Å². The molecule has 0 unspecified atom stereocenters. The van der Waals surface area contributed by atoms with Crippen LogP contribution in [0.3, 0.4) is 0 Å². The zero-order valence-electron chi connectivity index (χ0n) is 12.5. The van der Waals surface area contributed by atoms with E-state index in [2.05, 4.69) is 19.2 Å². The molecule has 0 saturated heterocycles. The Bertz CT molecular complexity index is 401. The maximum atomic E-state index is 12.2. The van der Waals surface area contributed by atoms with Crippen LogP contribution in [-0.2, 0) is 6.54 Å². The Morgan fingerprint density at radius 2 is 1.75 bits per heavy atom. The number of benzene rings is 1. The van der Waals surface area contributed by atoms with Crippen molar-refractivity contribution in [1.82, 2.24) is 10.2 Å². The summed E-state index contributed by atoms with van der Waals surface area (Å²) in [4.78, 5) is 14.1. The minimum absolute atomic E-state index is 0.00631. The molecule has 0 radical (unpaired) electrons. The highest BCUT2D eigenvalue weighted by Gasteiger charge is 2.12. The summed E-state index contributed by atoms with van der Waals surface area (Å²) in [7, 11) is 0. The van der Waals surface area contributed by atoms with E-state index in [1.807, 2.05) is 29.2 Å². The fraction of sp³-hybridized carbons (Fsp3) is 0.562. The average molecular weight is 297 g/mol. The summed E-state index contributed by atoms with van der Waals surface area (Å²) in [6.45, 7) is 6.41. The fourth-order valence-electron chi connectivity index (χ4n) is 1.94. The Balaban J connectivity index is 2.50. The first-order valence-corrected chi connectivity index (χ1v) is 7.83. The zero-order chi connectivity index (χ0) is 14.8. The molecule has 112 valence electrons. The van der Waals surface area contributed by atoms with Crippen LogP contribution >= 0.6 is 11.6 Å². The molecule has 1 rings (SSSR count). The van der Waals surface area contributed by atoms with Crippen molar-refractivity contribution in [3.63, 3.8) is 0 Å². The molecule has 1 aromatic rings. The third-order valence-corrected chi connectivity index (χ3v) is 3.61. The predicted molar refractivity (Wildman–Crippen MR) is 85.1 cm³/mol. The van der Waals surface area contributed by atoms with Gasteiger partial charge in [-0.2, -0.15) is 0 Å². The van der Waals surface area contributed by atoms with E-state index in [1.54, 1.807) is 0 Å². The van der Waals surface area contributed by atoms with E-state index in [4.69, 9.17) is 11.6 Å². The predicted octanol–water partition coefficient (Wildman–Crippen LogP) is 4.45. The first-order chi connectivity index (χ1) is 9.69. The van der Waals surface area contributed by atoms with Crippen molar-refractivity contribution >= 4 is 17.6 Å². The van der Waals surface area contributed by atoms with Gasteiger partial charge in [-0.25, -0.2) is 4.79 Å². The molecule has 0 atom stereocenters. The van der Waals surface area contributed by atoms with Crippen LogP contribution in [0, 0.1) is 0 Å². The lowest BCUT2D eigenvalue weighted by molar-refractivity contribution is 0.195. The molecule has 20 heavy (non-hydrogen) atoms. The molecule has 0 aliphatic heterocycles. The molecule has 0 heterocycles. The van der Waals surface area contributed by atoms with Crippen molar-refractivity contribution < 1.29 is 4.79 Å². The van der Waals surface area contributed by atoms with E-state index in [0.717, 1.165) is 44.3 Å². The minimum Gasteiger partial charge on any atom is -0.334 e. The summed E-state index contributed by atoms with van der Waals surface area (Å²) < 4.78 is 0. The number of halogens is 1. The lowest BCUT2D eigenvalue weighted by atomic mass is 10.2. The summed E-state index contributed by atoms with van der Waals surface area (Å²) in [5, 5.41) is 3.66. The summed E-state index contributed by atoms with van der Waals surface area (Å²) in [6.07, 6.45) is 4.29. The maximum Gasteiger partial charge on any atom is 0.317 e. The molecular weight excluding hydrogens is 272 g/mol. The molecule has 1 N–H and O–H groups in total. The van der Waals surface area contributed by atoms with Gasteiger partial charge >= 0.3 is 6.03 Å². The molecule has 0 bridgehead atoms. The van der Waals surface area contributed by atoms with Crippen LogP contribution in [0.5, 0.6) is 0 Å². The molecule has 0 fully saturated rings. The summed E-state index contributed by atoms with van der Waals surface area (Å²) >= 11 is 6.09. The molecule has 2 amide bonds. The van der Waals surface area contributed by atoms with Crippen LogP contribution in [-0.4, -0.2) is 24.0 Å². The summed E-state index contributed by atoms with van der Waals surface area (Å²) in [5.41, 5.74) is 0.952. The SMILES string of the molecule is CCCCN(CCCC)C(=O)NCc1ccccc1Cl. The molecule has 0 spiro atoms. The third-order valence-electron chi connectivity index (χ3n) is 3.24. The van der Waals surface area contributed by atoms with Gasteiger partial charge in [-0.1, -0.05) is 56.5 Å². The number of unbranched alkanes of at least 4 members (excludes halogenated alkanes) is 2. The highest BCUT2D eigenvalue weighted by Crippen LogP contribution is 2.14. The molecule has 4 heteroatoms. The third kappa shape index (κ3) is 5.83. The van der Waals surface area contributed by atoms with E-state index in [0.29, 0.717) is 11.6 Å². The Morgan fingerprint density at radius 3 is 2.30 bits per heavy atom. The van der Waals surface area contributed by atoms with Crippen LogP contribution < -0.4 is 5.32 Å². The maximum absolute atomic E-state index is 12.2. The second-order valence-corrected chi connectivity index (χ2v) is 5.35. The Kier molecular flexibility index (Phi) is 8.12. The second kappa shape index (κ2) is 9.65. The summed E-state index contributed by atoms with van der Waals surface area (Å²) in [5.74, 6) is 0. The lowest BCUT2D eigenvalue weighted by Crippen LogP contribution is -2.40. The largest absolute Gasteiger partial charge is 0.334 e. The number of nitrogens with zero attached hydrogens (tertiary/aromatic N) is 1. The van der Waals surface area contributed by atoms with Crippen LogP contribution in [0.15, 0.2) is 24.3 Å². The number of hydrogen-bond donors (Lipinski definition) is 1. The van der Waals surface area contributed by atoms with E-state index in [1.165, 1.54) is 0 Å². The highest BCUT2D eigenvalue weighted by molar-refractivity contribution is 6.31. The molecule has 0 aromatic heterocycles. The number of urea groups is 1. The van der Waals surface area contributed by atoms with Crippen LogP contribution in [0.25, 0.3) is 0 Å². The van der Waals surface area contributed by atoms with E-state index in [-0.39, 0.29) is 6.03 Å². The van der Waals surface area contributed by atoms with Crippen LogP contribution in [0.1, 0.15) is 45.1 Å². The van der Waals surface area contributed by atoms with Gasteiger partial charge in [-0.05, 0) is 24.5 Å². The van der Waals surface area contributed by atoms with Crippen molar-refractivity contribution in [2.75, 3.05) is 13.1 Å². The van der Waals surface area contributed by atoms with Crippen molar-refractivity contribution in [3.05, 3.63) is 34.9 Å². The van der Waals surface area contributed by atoms with Crippen LogP contribution in [0.4, 0.5) is 4.79 Å². The van der Waals surface area contributed by atoms with Crippen molar-refractivity contribution in [1.29, 1.82) is 0 Å². The number of amides is 2. The van der Waals surface area contributed by atoms with E-state index >= 15 is 0 Å². The topological polar surface area (TPSA) is 32.3 Å². The smallest absolute Gasteiger partial charge is 0.317 e. The molecule has 0 aliphatic rings. The van der Waals surface area contributed by atoms with E-state index < -0.39 is 0 Å². The van der Waals surface area contributed by atoms with Gasteiger partial charge in [0, 0.05) is 24.7 Å². The molecule has 3 nitrogen and oxygen atoms in total. The highest BCUT2D eigenvalue weighted by atomic mass is 35.5. The molecule has 0 saturated carbocycles. The van der Waals surface area contributed by atoms with Gasteiger partial charge in [0.25, 0.3) is 0 Å². The van der Waals surface area contributed by atoms with Gasteiger partial charge in [-0.15, -0.1) is 0 Å². The van der Waals surface area contributed by atoms with Gasteiger partial charge in [0.2, 0.25) is 0 Å². The van der Waals surface area contributed by atoms with Gasteiger partial charge in [-0.3, -0.25) is 0 Å². The van der Waals surface area contributed by atoms with Crippen molar-refractivity contribution in [2.24, 2.45) is 0 Å². The number of carbonyl (C=O) groups excluding carboxylic acids is 1. The number of hydrogen-bond acceptors (Lipinski definition) is 1. The minimum atomic E-state index is 0.00631. The molecule has 0 aliphatic carbocycles. The normalized spacial score (nSPS) is 10.3. The first kappa shape index (κ1) is 16.8.